The summed E-state index contributed by atoms with van der Waals surface area (Å²) >= 11 is 0. The number of fused-ring (bicyclic) bond motifs is 7. The number of aliphatic hydroxyl groups is 21. The first-order valence-corrected chi connectivity index (χ1v) is 45.8. The van der Waals surface area contributed by atoms with Crippen molar-refractivity contribution in [2.75, 3.05) is 46.7 Å². The number of esters is 1. The highest BCUT2D eigenvalue weighted by Crippen LogP contribution is 2.76. The molecule has 0 bridgehead atoms. The Hall–Kier alpha value is -3.53. The fourth-order valence-electron chi connectivity index (χ4n) is 23.3. The van der Waals surface area contributed by atoms with Crippen LogP contribution < -0.4 is 11.1 Å². The number of hydrogen-bond acceptors (Lipinski definition) is 42. The van der Waals surface area contributed by atoms with Crippen molar-refractivity contribution in [3.05, 3.63) is 11.6 Å². The molecular formula is C86H142N2O42. The summed E-state index contributed by atoms with van der Waals surface area (Å²) in [5.74, 6) is -3.10. The number of carbonyl (C=O) groups excluding carboxylic acids is 3. The van der Waals surface area contributed by atoms with Crippen molar-refractivity contribution < 1.29 is 207 Å². The highest BCUT2D eigenvalue weighted by Gasteiger charge is 2.74. The molecule has 24 unspecified atom stereocenters. The van der Waals surface area contributed by atoms with Gasteiger partial charge in [-0.2, -0.15) is 0 Å². The van der Waals surface area contributed by atoms with Gasteiger partial charge in [0.1, 0.15) is 158 Å². The van der Waals surface area contributed by atoms with E-state index in [9.17, 15) is 117 Å². The van der Waals surface area contributed by atoms with Gasteiger partial charge in [-0.05, 0) is 138 Å². The monoisotopic (exact) mass is 1870 g/mol. The molecule has 4 saturated carbocycles. The smallest absolute Gasteiger partial charge is 0.404 e. The molecule has 748 valence electrons. The number of allylic oxidation sites excluding steroid dienone is 2. The zero-order chi connectivity index (χ0) is 94.8. The van der Waals surface area contributed by atoms with E-state index in [2.05, 4.69) is 46.0 Å². The van der Waals surface area contributed by atoms with E-state index in [4.69, 9.17) is 91.0 Å². The van der Waals surface area contributed by atoms with E-state index in [0.29, 0.717) is 57.8 Å². The molecule has 0 radical (unpaired) electrons. The van der Waals surface area contributed by atoms with Gasteiger partial charge in [-0.1, -0.05) is 78.4 Å². The Morgan fingerprint density at radius 3 is 1.56 bits per heavy atom. The molecule has 44 heteroatoms. The Bertz CT molecular complexity index is 3750. The molecule has 0 aromatic heterocycles. The summed E-state index contributed by atoms with van der Waals surface area (Å²) < 4.78 is 111. The van der Waals surface area contributed by atoms with Crippen molar-refractivity contribution in [2.45, 2.75) is 416 Å². The van der Waals surface area contributed by atoms with Gasteiger partial charge in [0.25, 0.3) is 5.91 Å². The van der Waals surface area contributed by atoms with Gasteiger partial charge in [0, 0.05) is 13.7 Å². The zero-order valence-electron chi connectivity index (χ0n) is 75.0. The minimum absolute atomic E-state index is 0.0222. The van der Waals surface area contributed by atoms with Crippen LogP contribution in [0.3, 0.4) is 0 Å². The summed E-state index contributed by atoms with van der Waals surface area (Å²) in [5, 5.41) is 241. The number of aliphatic hydroxyl groups excluding tert-OH is 21. The van der Waals surface area contributed by atoms with Gasteiger partial charge in [0.05, 0.1) is 69.2 Å². The summed E-state index contributed by atoms with van der Waals surface area (Å²) in [6.45, 7) is 14.0. The molecule has 48 atom stereocenters. The highest BCUT2D eigenvalue weighted by atomic mass is 16.8. The normalized spacial score (nSPS) is 50.9. The van der Waals surface area contributed by atoms with E-state index in [1.807, 2.05) is 6.92 Å². The van der Waals surface area contributed by atoms with E-state index in [-0.39, 0.29) is 44.2 Å². The van der Waals surface area contributed by atoms with Crippen molar-refractivity contribution in [3.63, 3.8) is 0 Å². The molecule has 5 aliphatic carbocycles. The third-order valence-corrected chi connectivity index (χ3v) is 31.4. The second-order valence-electron chi connectivity index (χ2n) is 39.9. The number of amides is 2. The average Bonchev–Trinajstić information content (AvgIpc) is 0.668. The molecule has 13 rings (SSSR count). The standard InChI is InChI=1S/C86H142N2O42/c1-34-47(94)53(100)58(105)73(117-34)125-65-60(107)67(70(110)88-26-16-14-12-11-13-15-17-27-114-80(87)112)127-78(69(65)129-74-59(106)54(101)51(98)41(30-89)120-74)122-46-21-22-82(6)43-19-18-37-38-28-81(4,5)24-25-86(38,45(93)29-84(37,8)83(43,7)23-20-44(82)85(46,9)113-10)79(111)130-77-68(55(102)48(95)35(2)118-77)128-75-62(109)66(63(36(3)119-75)123-71-56(103)49(96)39(91)32-115-71)126-76-61(108)64(52(99)42(31-90)121-76)124-72-57(104)50(97)40(92)33-116-72/h18,34-36,38-69,71-78,89-109H,11-17,19-33H2,1-10H3,(H2,87,112)(H,88,110)/t34?,35?,36?,38?,39-,40-,41?,42?,43?,44-,45+,46+,47?,48+,49+,50+,51+,52-,53?,54+,55+,56?,57?,58?,59?,60+,61?,62+,63+,64+,65+,66?,67?,68?,69?,71+,72+,73?,74+,75?,76+,77+,78-,82?,83?,84-,85?,86?/m1/s1. The summed E-state index contributed by atoms with van der Waals surface area (Å²) in [6, 6.07) is 0. The van der Waals surface area contributed by atoms with Crippen molar-refractivity contribution >= 4 is 18.0 Å². The zero-order valence-corrected chi connectivity index (χ0v) is 75.0. The van der Waals surface area contributed by atoms with Crippen LogP contribution in [0.15, 0.2) is 11.6 Å². The molecule has 130 heavy (non-hydrogen) atoms. The second-order valence-corrected chi connectivity index (χ2v) is 39.9. The number of carbonyl (C=O) groups is 3. The van der Waals surface area contributed by atoms with Gasteiger partial charge < -0.3 is 204 Å². The molecule has 8 saturated heterocycles. The lowest BCUT2D eigenvalue weighted by atomic mass is 9.34. The van der Waals surface area contributed by atoms with Crippen LogP contribution >= 0.6 is 0 Å². The lowest BCUT2D eigenvalue weighted by molar-refractivity contribution is -0.399. The van der Waals surface area contributed by atoms with E-state index in [1.165, 1.54) is 27.9 Å². The maximum Gasteiger partial charge on any atom is 0.404 e. The summed E-state index contributed by atoms with van der Waals surface area (Å²) in [4.78, 5) is 41.9. The molecule has 2 amide bonds. The summed E-state index contributed by atoms with van der Waals surface area (Å²) in [6.07, 6.45) is -63.0. The first-order chi connectivity index (χ1) is 61.3. The quantitative estimate of drug-likeness (QED) is 0.0138. The molecular weight excluding hydrogens is 1730 g/mol. The maximum absolute atomic E-state index is 16.2. The summed E-state index contributed by atoms with van der Waals surface area (Å²) in [5.41, 5.74) is 0.326. The van der Waals surface area contributed by atoms with E-state index in [1.54, 1.807) is 0 Å². The largest absolute Gasteiger partial charge is 0.450 e. The Morgan fingerprint density at radius 2 is 0.954 bits per heavy atom. The molecule has 44 nitrogen and oxygen atoms in total. The maximum atomic E-state index is 16.2. The minimum atomic E-state index is -2.22. The number of hydrogen-bond donors (Lipinski definition) is 23. The number of nitrogens with one attached hydrogen (secondary N) is 1. The summed E-state index contributed by atoms with van der Waals surface area (Å²) in [7, 11) is 1.53. The van der Waals surface area contributed by atoms with Crippen LogP contribution in [-0.2, 0) is 94.9 Å². The molecule has 0 aromatic carbocycles. The van der Waals surface area contributed by atoms with Gasteiger partial charge in [0.15, 0.2) is 56.2 Å². The van der Waals surface area contributed by atoms with Crippen molar-refractivity contribution in [2.24, 2.45) is 50.6 Å². The SMILES string of the molecule is COC1(C)[C@@H](O[C@@H]2OC(C(=O)NCCCCCCCCCOC(N)=O)[C@@H](O)[C@H](OC3OC(C)C(O)C(O)C3O)C2O[C@@H]2OC(CO)[C@H](O)[C@H](O)C2O)CCC2(C)C3CC=C4C5CC(C)(C)CCC5(C(=O)O[C@@H]5OC(C)[C@H](O)[C@H](O)C5OC5OC(C)[C@H](O[C@@H]6OC[C@@H](O)[C@H](O)C6O)C(O[C@@H]6OC(CO)[C@@H](O)[C@H](O[C@@H]7OC[C@@H](O)[C@H](O)C7O)C6O)[C@@H]5O)[C@@H](O)C[C@@]4(C)C3(C)CC[C@H]21. The number of rotatable bonds is 30. The van der Waals surface area contributed by atoms with Gasteiger partial charge in [0.2, 0.25) is 6.29 Å². The number of ether oxygens (including phenoxy) is 18. The van der Waals surface area contributed by atoms with E-state index in [0.717, 1.165) is 31.3 Å². The van der Waals surface area contributed by atoms with E-state index < -0.39 is 329 Å². The number of primary amides is 1. The van der Waals surface area contributed by atoms with Gasteiger partial charge in [-0.3, -0.25) is 9.59 Å². The van der Waals surface area contributed by atoms with Gasteiger partial charge >= 0.3 is 12.1 Å². The third-order valence-electron chi connectivity index (χ3n) is 31.4. The molecule has 8 heterocycles. The van der Waals surface area contributed by atoms with Crippen LogP contribution in [0.5, 0.6) is 0 Å². The van der Waals surface area contributed by atoms with Crippen LogP contribution in [-0.4, -0.2) is 423 Å². The minimum Gasteiger partial charge on any atom is -0.450 e. The Kier molecular flexibility index (Phi) is 33.4. The molecule has 8 aliphatic heterocycles. The lowest BCUT2D eigenvalue weighted by Gasteiger charge is -2.71. The first-order valence-electron chi connectivity index (χ1n) is 45.8. The van der Waals surface area contributed by atoms with Crippen molar-refractivity contribution in [1.82, 2.24) is 5.32 Å². The van der Waals surface area contributed by atoms with Gasteiger partial charge in [-0.25, -0.2) is 4.79 Å². The fourth-order valence-corrected chi connectivity index (χ4v) is 23.3. The average molecular weight is 1880 g/mol. The first kappa shape index (κ1) is 104. The molecule has 13 aliphatic rings. The number of unbranched alkanes of at least 4 members (excludes halogenated alkanes) is 6. The van der Waals surface area contributed by atoms with Crippen LogP contribution in [0, 0.1) is 44.8 Å². The Balaban J connectivity index is 0.764. The fraction of sp³-hybridized carbons (Fsp3) is 0.942. The van der Waals surface area contributed by atoms with Crippen molar-refractivity contribution in [3.8, 4) is 0 Å². The second kappa shape index (κ2) is 41.9. The Morgan fingerprint density at radius 1 is 0.454 bits per heavy atom. The topological polar surface area (TPSA) is 680 Å². The predicted octanol–water partition coefficient (Wildman–Crippen LogP) is -6.08. The van der Waals surface area contributed by atoms with Crippen LogP contribution in [0.25, 0.3) is 0 Å². The Labute approximate surface area is 752 Å². The lowest BCUT2D eigenvalue weighted by Crippen LogP contribution is -2.71. The molecule has 12 fully saturated rings. The highest BCUT2D eigenvalue weighted by molar-refractivity contribution is 5.82. The molecule has 0 aromatic rings. The third kappa shape index (κ3) is 19.9. The number of nitrogens with two attached hydrogens (primary N) is 1. The predicted molar refractivity (Wildman–Crippen MR) is 434 cm³/mol. The van der Waals surface area contributed by atoms with E-state index >= 15 is 4.79 Å². The van der Waals surface area contributed by atoms with Crippen LogP contribution in [0.1, 0.15) is 165 Å². The molecule has 24 N–H and O–H groups in total. The number of methoxy groups -OCH3 is 1. The molecule has 0 spiro atoms. The van der Waals surface area contributed by atoms with Crippen LogP contribution in [0.2, 0.25) is 0 Å². The van der Waals surface area contributed by atoms with Gasteiger partial charge in [-0.15, -0.1) is 0 Å². The van der Waals surface area contributed by atoms with Crippen molar-refractivity contribution in [1.29, 1.82) is 0 Å². The van der Waals surface area contributed by atoms with Crippen LogP contribution in [0.4, 0.5) is 4.79 Å².